The first-order valence-electron chi connectivity index (χ1n) is 10.4. The van der Waals surface area contributed by atoms with Gasteiger partial charge in [-0.1, -0.05) is 17.8 Å². The lowest BCUT2D eigenvalue weighted by Gasteiger charge is -2.22. The van der Waals surface area contributed by atoms with Crippen molar-refractivity contribution in [2.24, 2.45) is 0 Å². The van der Waals surface area contributed by atoms with Gasteiger partial charge in [-0.15, -0.1) is 11.3 Å². The van der Waals surface area contributed by atoms with Gasteiger partial charge in [0.15, 0.2) is 11.5 Å². The molecule has 3 aromatic rings. The number of amides is 1. The number of thiophene rings is 1. The fourth-order valence-corrected chi connectivity index (χ4v) is 5.40. The maximum absolute atomic E-state index is 12.8. The van der Waals surface area contributed by atoms with Gasteiger partial charge in [0.05, 0.1) is 26.5 Å². The van der Waals surface area contributed by atoms with Crippen LogP contribution in [0.15, 0.2) is 45.5 Å². The second-order valence-corrected chi connectivity index (χ2v) is 9.40. The van der Waals surface area contributed by atoms with Gasteiger partial charge in [0, 0.05) is 27.9 Å². The summed E-state index contributed by atoms with van der Waals surface area (Å²) in [5.74, 6) is 1.14. The van der Waals surface area contributed by atoms with Crippen LogP contribution in [0.2, 0.25) is 0 Å². The van der Waals surface area contributed by atoms with Gasteiger partial charge in [-0.2, -0.15) is 4.98 Å². The van der Waals surface area contributed by atoms with E-state index in [-0.39, 0.29) is 17.3 Å². The quantitative estimate of drug-likeness (QED) is 0.395. The van der Waals surface area contributed by atoms with Gasteiger partial charge < -0.3 is 14.8 Å². The SMILES string of the molecule is COc1ccc(NC(=O)CSc2nc(=O)n(Cc3cccs3)c3c2CCCC3)cc1OC. The molecule has 1 amide bonds. The van der Waals surface area contributed by atoms with Crippen LogP contribution in [0, 0.1) is 0 Å². The number of carbonyl (C=O) groups is 1. The molecule has 2 heterocycles. The summed E-state index contributed by atoms with van der Waals surface area (Å²) in [5, 5.41) is 5.56. The first-order valence-corrected chi connectivity index (χ1v) is 12.2. The van der Waals surface area contributed by atoms with Crippen molar-refractivity contribution in [1.82, 2.24) is 9.55 Å². The van der Waals surface area contributed by atoms with Gasteiger partial charge in [-0.25, -0.2) is 4.79 Å². The Morgan fingerprint density at radius 2 is 2.00 bits per heavy atom. The number of nitrogens with one attached hydrogen (secondary N) is 1. The molecule has 1 N–H and O–H groups in total. The zero-order valence-electron chi connectivity index (χ0n) is 18.1. The summed E-state index contributed by atoms with van der Waals surface area (Å²) >= 11 is 2.96. The summed E-state index contributed by atoms with van der Waals surface area (Å²) in [7, 11) is 3.11. The predicted octanol–water partition coefficient (Wildman–Crippen LogP) is 3.98. The number of carbonyl (C=O) groups excluding carboxylic acids is 1. The monoisotopic (exact) mass is 471 g/mol. The number of benzene rings is 1. The molecule has 1 aliphatic rings. The fourth-order valence-electron chi connectivity index (χ4n) is 3.83. The van der Waals surface area contributed by atoms with Crippen LogP contribution < -0.4 is 20.5 Å². The van der Waals surface area contributed by atoms with Crippen LogP contribution in [0.5, 0.6) is 11.5 Å². The Labute approximate surface area is 194 Å². The highest BCUT2D eigenvalue weighted by atomic mass is 32.2. The lowest BCUT2D eigenvalue weighted by molar-refractivity contribution is -0.113. The molecule has 0 spiro atoms. The Kier molecular flexibility index (Phi) is 7.16. The van der Waals surface area contributed by atoms with E-state index >= 15 is 0 Å². The van der Waals surface area contributed by atoms with Gasteiger partial charge >= 0.3 is 5.69 Å². The van der Waals surface area contributed by atoms with E-state index in [9.17, 15) is 9.59 Å². The van der Waals surface area contributed by atoms with Crippen molar-refractivity contribution in [3.05, 3.63) is 62.3 Å². The third-order valence-electron chi connectivity index (χ3n) is 5.35. The first-order chi connectivity index (χ1) is 15.6. The summed E-state index contributed by atoms with van der Waals surface area (Å²) in [6.07, 6.45) is 3.87. The number of rotatable bonds is 8. The van der Waals surface area contributed by atoms with E-state index in [1.807, 2.05) is 17.5 Å². The number of methoxy groups -OCH3 is 2. The lowest BCUT2D eigenvalue weighted by Crippen LogP contribution is -2.30. The van der Waals surface area contributed by atoms with E-state index in [1.165, 1.54) is 11.8 Å². The average Bonchev–Trinajstić information content (AvgIpc) is 3.33. The van der Waals surface area contributed by atoms with Crippen molar-refractivity contribution in [2.75, 3.05) is 25.3 Å². The maximum Gasteiger partial charge on any atom is 0.349 e. The van der Waals surface area contributed by atoms with E-state index in [1.54, 1.807) is 48.3 Å². The Morgan fingerprint density at radius 1 is 1.19 bits per heavy atom. The van der Waals surface area contributed by atoms with Crippen molar-refractivity contribution < 1.29 is 14.3 Å². The predicted molar refractivity (Wildman–Crippen MR) is 127 cm³/mol. The minimum atomic E-state index is -0.248. The Balaban J connectivity index is 1.49. The van der Waals surface area contributed by atoms with E-state index < -0.39 is 0 Å². The molecule has 1 aliphatic carbocycles. The van der Waals surface area contributed by atoms with Crippen LogP contribution in [-0.2, 0) is 24.2 Å². The number of hydrogen-bond donors (Lipinski definition) is 1. The average molecular weight is 472 g/mol. The molecule has 32 heavy (non-hydrogen) atoms. The highest BCUT2D eigenvalue weighted by Crippen LogP contribution is 2.31. The van der Waals surface area contributed by atoms with Crippen molar-refractivity contribution >= 4 is 34.7 Å². The summed E-state index contributed by atoms with van der Waals surface area (Å²) in [5.41, 5.74) is 2.54. The van der Waals surface area contributed by atoms with Crippen LogP contribution in [0.3, 0.4) is 0 Å². The first kappa shape index (κ1) is 22.4. The maximum atomic E-state index is 12.8. The molecule has 0 saturated carbocycles. The molecule has 0 bridgehead atoms. The molecular formula is C23H25N3O4S2. The van der Waals surface area contributed by atoms with Gasteiger partial charge in [0.25, 0.3) is 0 Å². The third-order valence-corrected chi connectivity index (χ3v) is 7.23. The largest absolute Gasteiger partial charge is 0.493 e. The van der Waals surface area contributed by atoms with E-state index in [2.05, 4.69) is 10.3 Å². The number of anilines is 1. The molecule has 0 unspecified atom stereocenters. The number of hydrogen-bond acceptors (Lipinski definition) is 7. The fraction of sp³-hybridized carbons (Fsp3) is 0.348. The molecule has 1 aromatic carbocycles. The summed E-state index contributed by atoms with van der Waals surface area (Å²) in [4.78, 5) is 30.9. The van der Waals surface area contributed by atoms with Crippen LogP contribution in [0.4, 0.5) is 5.69 Å². The molecule has 4 rings (SSSR count). The van der Waals surface area contributed by atoms with Gasteiger partial charge in [0.1, 0.15) is 5.03 Å². The molecule has 7 nitrogen and oxygen atoms in total. The zero-order valence-corrected chi connectivity index (χ0v) is 19.7. The van der Waals surface area contributed by atoms with Crippen LogP contribution >= 0.6 is 23.1 Å². The Hall–Kier alpha value is -2.78. The molecule has 0 atom stereocenters. The summed E-state index contributed by atoms with van der Waals surface area (Å²) < 4.78 is 12.3. The number of ether oxygens (including phenoxy) is 2. The minimum Gasteiger partial charge on any atom is -0.493 e. The molecule has 9 heteroatoms. The molecule has 0 aliphatic heterocycles. The van der Waals surface area contributed by atoms with Crippen molar-refractivity contribution in [1.29, 1.82) is 0 Å². The van der Waals surface area contributed by atoms with E-state index in [0.29, 0.717) is 28.8 Å². The molecule has 0 fully saturated rings. The van der Waals surface area contributed by atoms with Crippen LogP contribution in [-0.4, -0.2) is 35.4 Å². The van der Waals surface area contributed by atoms with Gasteiger partial charge in [-0.3, -0.25) is 9.36 Å². The standard InChI is InChI=1S/C23H25N3O4S2/c1-29-19-10-9-15(12-20(19)30-2)24-21(27)14-32-22-17-7-3-4-8-18(17)26(23(28)25-22)13-16-6-5-11-31-16/h5-6,9-12H,3-4,7-8,13-14H2,1-2H3,(H,24,27). The lowest BCUT2D eigenvalue weighted by atomic mass is 9.97. The van der Waals surface area contributed by atoms with Crippen molar-refractivity contribution in [2.45, 2.75) is 37.3 Å². The van der Waals surface area contributed by atoms with Crippen LogP contribution in [0.25, 0.3) is 0 Å². The summed E-state index contributed by atoms with van der Waals surface area (Å²) in [6, 6.07) is 9.25. The molecule has 0 saturated heterocycles. The smallest absolute Gasteiger partial charge is 0.349 e. The number of thioether (sulfide) groups is 1. The zero-order chi connectivity index (χ0) is 22.5. The highest BCUT2D eigenvalue weighted by molar-refractivity contribution is 8.00. The number of aromatic nitrogens is 2. The number of fused-ring (bicyclic) bond motifs is 1. The molecular weight excluding hydrogens is 446 g/mol. The van der Waals surface area contributed by atoms with Crippen molar-refractivity contribution in [3.63, 3.8) is 0 Å². The number of nitrogens with zero attached hydrogens (tertiary/aromatic N) is 2. The second kappa shape index (κ2) is 10.2. The van der Waals surface area contributed by atoms with E-state index in [0.717, 1.165) is 41.8 Å². The second-order valence-electron chi connectivity index (χ2n) is 7.40. The molecule has 2 aromatic heterocycles. The Morgan fingerprint density at radius 3 is 2.75 bits per heavy atom. The van der Waals surface area contributed by atoms with Gasteiger partial charge in [-0.05, 0) is 49.3 Å². The topological polar surface area (TPSA) is 82.5 Å². The van der Waals surface area contributed by atoms with Crippen LogP contribution in [0.1, 0.15) is 29.0 Å². The normalized spacial score (nSPS) is 12.8. The summed E-state index contributed by atoms with van der Waals surface area (Å²) in [6.45, 7) is 0.552. The molecule has 168 valence electrons. The highest BCUT2D eigenvalue weighted by Gasteiger charge is 2.21. The third kappa shape index (κ3) is 4.99. The van der Waals surface area contributed by atoms with Gasteiger partial charge in [0.2, 0.25) is 5.91 Å². The van der Waals surface area contributed by atoms with E-state index in [4.69, 9.17) is 9.47 Å². The minimum absolute atomic E-state index is 0.169. The molecule has 0 radical (unpaired) electrons. The van der Waals surface area contributed by atoms with Crippen molar-refractivity contribution in [3.8, 4) is 11.5 Å². The Bertz CT molecular complexity index is 1160.